The Morgan fingerprint density at radius 1 is 0.704 bits per heavy atom. The average molecular weight is 399 g/mol. The maximum Gasteiger partial charge on any atom is 0.361 e. The van der Waals surface area contributed by atoms with Crippen molar-refractivity contribution in [2.24, 2.45) is 0 Å². The molecule has 0 aliphatic carbocycles. The second kappa shape index (κ2) is 19.2. The monoisotopic (exact) mass is 398 g/mol. The quantitative estimate of drug-likeness (QED) is 0.142. The molecule has 162 valence electrons. The predicted octanol–water partition coefficient (Wildman–Crippen LogP) is 8.49. The second-order valence-electron chi connectivity index (χ2n) is 8.27. The molecule has 0 amide bonds. The molecule has 0 aliphatic heterocycles. The van der Waals surface area contributed by atoms with Gasteiger partial charge in [0.1, 0.15) is 0 Å². The van der Waals surface area contributed by atoms with Gasteiger partial charge in [0.15, 0.2) is 0 Å². The fourth-order valence-corrected chi connectivity index (χ4v) is 5.33. The summed E-state index contributed by atoms with van der Waals surface area (Å²) in [4.78, 5) is 0. The first-order chi connectivity index (χ1) is 13.1. The van der Waals surface area contributed by atoms with E-state index in [1.807, 2.05) is 5.70 Å². The van der Waals surface area contributed by atoms with Gasteiger partial charge in [-0.15, -0.1) is 6.58 Å². The largest absolute Gasteiger partial charge is 0.391 e. The van der Waals surface area contributed by atoms with E-state index < -0.39 is 8.56 Å². The molecule has 1 unspecified atom stereocenters. The summed E-state index contributed by atoms with van der Waals surface area (Å²) in [5, 5.41) is 0. The number of unbranched alkanes of at least 4 members (excludes halogenated alkanes) is 11. The van der Waals surface area contributed by atoms with E-state index in [9.17, 15) is 0 Å². The van der Waals surface area contributed by atoms with E-state index >= 15 is 0 Å². The molecule has 3 heteroatoms. The van der Waals surface area contributed by atoms with Gasteiger partial charge in [0.05, 0.1) is 0 Å². The Morgan fingerprint density at radius 3 is 1.56 bits per heavy atom. The highest BCUT2D eigenvalue weighted by molar-refractivity contribution is 6.71. The van der Waals surface area contributed by atoms with Gasteiger partial charge in [0.25, 0.3) is 0 Å². The van der Waals surface area contributed by atoms with Crippen molar-refractivity contribution in [3.63, 3.8) is 0 Å². The van der Waals surface area contributed by atoms with Gasteiger partial charge in [-0.05, 0) is 31.5 Å². The van der Waals surface area contributed by atoms with Crippen LogP contribution in [0.15, 0.2) is 12.3 Å². The van der Waals surface area contributed by atoms with Gasteiger partial charge in [0, 0.05) is 12.7 Å². The molecule has 0 radical (unpaired) electrons. The summed E-state index contributed by atoms with van der Waals surface area (Å²) in [5.74, 6) is 0. The molecular weight excluding hydrogens is 348 g/mol. The normalized spacial score (nSPS) is 13.8. The van der Waals surface area contributed by atoms with Crippen LogP contribution in [0.5, 0.6) is 0 Å². The third-order valence-corrected chi connectivity index (χ3v) is 7.70. The van der Waals surface area contributed by atoms with E-state index in [0.717, 1.165) is 25.9 Å². The molecular formula is C24H50O2Si. The minimum Gasteiger partial charge on any atom is -0.391 e. The van der Waals surface area contributed by atoms with Crippen molar-refractivity contribution in [1.82, 2.24) is 0 Å². The molecule has 1 atom stereocenters. The first-order valence-electron chi connectivity index (χ1n) is 12.1. The lowest BCUT2D eigenvalue weighted by molar-refractivity contribution is 0.109. The third-order valence-electron chi connectivity index (χ3n) is 5.38. The molecule has 0 aromatic rings. The Bertz CT molecular complexity index is 316. The lowest BCUT2D eigenvalue weighted by Gasteiger charge is -2.29. The molecule has 0 saturated heterocycles. The fraction of sp³-hybridized carbons (Fsp3) is 0.917. The van der Waals surface area contributed by atoms with Gasteiger partial charge in [-0.1, -0.05) is 104 Å². The van der Waals surface area contributed by atoms with Crippen LogP contribution in [0.1, 0.15) is 124 Å². The molecule has 27 heavy (non-hydrogen) atoms. The molecule has 0 aromatic carbocycles. The minimum absolute atomic E-state index is 0.344. The van der Waals surface area contributed by atoms with Crippen molar-refractivity contribution < 1.29 is 8.85 Å². The molecule has 0 aromatic heterocycles. The zero-order valence-corrected chi connectivity index (χ0v) is 20.2. The molecule has 0 heterocycles. The fourth-order valence-electron chi connectivity index (χ4n) is 3.60. The van der Waals surface area contributed by atoms with Crippen molar-refractivity contribution in [2.75, 3.05) is 6.61 Å². The maximum atomic E-state index is 6.37. The van der Waals surface area contributed by atoms with Crippen molar-refractivity contribution >= 4 is 8.56 Å². The van der Waals surface area contributed by atoms with Crippen molar-refractivity contribution in [1.29, 1.82) is 0 Å². The van der Waals surface area contributed by atoms with E-state index in [1.165, 1.54) is 83.5 Å². The molecule has 0 rings (SSSR count). The Kier molecular flexibility index (Phi) is 19.1. The first-order valence-corrected chi connectivity index (χ1v) is 14.5. The zero-order chi connectivity index (χ0) is 20.2. The summed E-state index contributed by atoms with van der Waals surface area (Å²) in [6.45, 7) is 13.7. The van der Waals surface area contributed by atoms with E-state index in [-0.39, 0.29) is 0 Å². The second-order valence-corrected chi connectivity index (χ2v) is 11.2. The molecule has 0 bridgehead atoms. The molecule has 2 nitrogen and oxygen atoms in total. The summed E-state index contributed by atoms with van der Waals surface area (Å²) in [6, 6.07) is 0. The van der Waals surface area contributed by atoms with Crippen LogP contribution in [0.2, 0.25) is 6.55 Å². The lowest BCUT2D eigenvalue weighted by atomic mass is 10.1. The van der Waals surface area contributed by atoms with Crippen LogP contribution in [0.4, 0.5) is 0 Å². The predicted molar refractivity (Wildman–Crippen MR) is 124 cm³/mol. The van der Waals surface area contributed by atoms with Crippen molar-refractivity contribution in [3.05, 3.63) is 12.3 Å². The highest BCUT2D eigenvalue weighted by atomic mass is 28.4. The average Bonchev–Trinajstić information content (AvgIpc) is 2.66. The third kappa shape index (κ3) is 16.5. The highest BCUT2D eigenvalue weighted by Crippen LogP contribution is 2.19. The molecule has 0 saturated carbocycles. The smallest absolute Gasteiger partial charge is 0.361 e. The Morgan fingerprint density at radius 2 is 1.15 bits per heavy atom. The van der Waals surface area contributed by atoms with Gasteiger partial charge in [-0.3, -0.25) is 0 Å². The Balaban J connectivity index is 3.66. The van der Waals surface area contributed by atoms with Crippen LogP contribution < -0.4 is 0 Å². The van der Waals surface area contributed by atoms with E-state index in [4.69, 9.17) is 8.85 Å². The summed E-state index contributed by atoms with van der Waals surface area (Å²) in [6.07, 6.45) is 21.5. The van der Waals surface area contributed by atoms with Crippen LogP contribution in [0, 0.1) is 0 Å². The van der Waals surface area contributed by atoms with Crippen molar-refractivity contribution in [2.45, 2.75) is 136 Å². The molecule has 0 spiro atoms. The Labute approximate surface area is 172 Å². The summed E-state index contributed by atoms with van der Waals surface area (Å²) in [5.41, 5.74) is 1.96. The zero-order valence-electron chi connectivity index (χ0n) is 19.2. The van der Waals surface area contributed by atoms with Crippen LogP contribution in [0.3, 0.4) is 0 Å². The summed E-state index contributed by atoms with van der Waals surface area (Å²) >= 11 is 0. The topological polar surface area (TPSA) is 18.5 Å². The molecule has 0 aliphatic rings. The van der Waals surface area contributed by atoms with Crippen LogP contribution in [-0.2, 0) is 8.85 Å². The minimum atomic E-state index is -2.20. The van der Waals surface area contributed by atoms with Gasteiger partial charge in [-0.2, -0.15) is 0 Å². The van der Waals surface area contributed by atoms with Gasteiger partial charge < -0.3 is 8.85 Å². The number of hydrogen-bond donors (Lipinski definition) is 0. The van der Waals surface area contributed by atoms with E-state index in [1.54, 1.807) is 0 Å². The van der Waals surface area contributed by atoms with Crippen LogP contribution in [-0.4, -0.2) is 21.3 Å². The standard InChI is InChI=1S/C24H50O2Si/c1-6-10-11-12-13-14-15-16-17-18-19-20-23-25-27(5,9-4)26-24(21-7-2)22-8-3/h9,24H,4,6-8,10-23H2,1-3,5H3. The van der Waals surface area contributed by atoms with Gasteiger partial charge >= 0.3 is 8.56 Å². The SMILES string of the molecule is C=C[Si](C)(OCCCCCCCCCCCCCC)OC(CCC)CCC. The van der Waals surface area contributed by atoms with E-state index in [2.05, 4.69) is 33.9 Å². The number of rotatable bonds is 21. The van der Waals surface area contributed by atoms with Crippen LogP contribution in [0.25, 0.3) is 0 Å². The van der Waals surface area contributed by atoms with Gasteiger partial charge in [-0.25, -0.2) is 0 Å². The highest BCUT2D eigenvalue weighted by Gasteiger charge is 2.30. The van der Waals surface area contributed by atoms with Crippen LogP contribution >= 0.6 is 0 Å². The Hall–Kier alpha value is -0.123. The number of hydrogen-bond acceptors (Lipinski definition) is 2. The molecule has 0 N–H and O–H groups in total. The summed E-state index contributed by atoms with van der Waals surface area (Å²) < 4.78 is 12.6. The lowest BCUT2D eigenvalue weighted by Crippen LogP contribution is -2.41. The maximum absolute atomic E-state index is 6.37. The van der Waals surface area contributed by atoms with Crippen molar-refractivity contribution in [3.8, 4) is 0 Å². The van der Waals surface area contributed by atoms with Gasteiger partial charge in [0.2, 0.25) is 0 Å². The molecule has 0 fully saturated rings. The van der Waals surface area contributed by atoms with E-state index in [0.29, 0.717) is 6.10 Å². The summed E-state index contributed by atoms with van der Waals surface area (Å²) in [7, 11) is -2.20. The first kappa shape index (κ1) is 26.9.